The Balaban J connectivity index is 0.000000210. The summed E-state index contributed by atoms with van der Waals surface area (Å²) in [6, 6.07) is 18.4. The molecule has 286 valence electrons. The Labute approximate surface area is 339 Å². The molecule has 0 fully saturated rings. The number of benzene rings is 2. The predicted molar refractivity (Wildman–Crippen MR) is 206 cm³/mol. The first-order chi connectivity index (χ1) is 26.4. The SMILES string of the molecule is COC(=O)c1cccc(Cn2c(C)nc3ncc(-c4c(C)noc4C)cc32)c1.Cc1noc(C)c1-c1cnc2nc(C)n(Cc3cccc(C(=O)O)c3)c2c1.[Li+].[OH-]. The number of imidazole rings is 2. The minimum Gasteiger partial charge on any atom is -0.870 e. The van der Waals surface area contributed by atoms with Gasteiger partial charge in [-0.05, 0) is 89.1 Å². The van der Waals surface area contributed by atoms with Crippen LogP contribution in [0, 0.1) is 41.5 Å². The zero-order chi connectivity index (χ0) is 39.0. The van der Waals surface area contributed by atoms with E-state index in [0.717, 1.165) is 79.0 Å². The molecule has 0 bridgehead atoms. The maximum Gasteiger partial charge on any atom is 1.00 e. The van der Waals surface area contributed by atoms with Gasteiger partial charge in [-0.1, -0.05) is 34.6 Å². The third kappa shape index (κ3) is 8.41. The van der Waals surface area contributed by atoms with Gasteiger partial charge in [-0.25, -0.2) is 29.5 Å². The third-order valence-corrected chi connectivity index (χ3v) is 9.44. The summed E-state index contributed by atoms with van der Waals surface area (Å²) in [4.78, 5) is 41.2. The molecule has 0 aliphatic carbocycles. The first kappa shape index (κ1) is 41.8. The molecule has 16 heteroatoms. The van der Waals surface area contributed by atoms with Crippen molar-refractivity contribution < 1.29 is 52.8 Å². The van der Waals surface area contributed by atoms with E-state index in [-0.39, 0.29) is 35.9 Å². The molecular formula is C41H39LiN8O7. The number of aryl methyl sites for hydroxylation is 6. The van der Waals surface area contributed by atoms with Crippen LogP contribution >= 0.6 is 0 Å². The number of rotatable bonds is 8. The van der Waals surface area contributed by atoms with Gasteiger partial charge in [-0.15, -0.1) is 0 Å². The normalized spacial score (nSPS) is 10.8. The summed E-state index contributed by atoms with van der Waals surface area (Å²) in [5, 5.41) is 17.3. The fraction of sp³-hybridized carbons (Fsp3) is 0.220. The van der Waals surface area contributed by atoms with E-state index in [1.165, 1.54) is 7.11 Å². The Morgan fingerprint density at radius 2 is 1.12 bits per heavy atom. The number of ether oxygens (including phenoxy) is 1. The average molecular weight is 763 g/mol. The molecule has 57 heavy (non-hydrogen) atoms. The minimum atomic E-state index is -0.938. The van der Waals surface area contributed by atoms with Crippen molar-refractivity contribution in [2.24, 2.45) is 0 Å². The van der Waals surface area contributed by atoms with Gasteiger partial charge in [0, 0.05) is 47.7 Å². The Hall–Kier alpha value is -6.40. The molecule has 6 heterocycles. The van der Waals surface area contributed by atoms with Crippen LogP contribution in [0.25, 0.3) is 44.6 Å². The number of aromatic nitrogens is 8. The van der Waals surface area contributed by atoms with Crippen LogP contribution in [0.2, 0.25) is 0 Å². The Kier molecular flexibility index (Phi) is 12.6. The van der Waals surface area contributed by atoms with Gasteiger partial charge in [-0.3, -0.25) is 0 Å². The van der Waals surface area contributed by atoms with E-state index in [1.54, 1.807) is 36.7 Å². The van der Waals surface area contributed by atoms with Gasteiger partial charge in [-0.2, -0.15) is 0 Å². The van der Waals surface area contributed by atoms with Crippen molar-refractivity contribution >= 4 is 34.3 Å². The first-order valence-corrected chi connectivity index (χ1v) is 17.4. The number of hydrogen-bond donors (Lipinski definition) is 1. The zero-order valence-corrected chi connectivity index (χ0v) is 32.9. The number of hydrogen-bond acceptors (Lipinski definition) is 12. The first-order valence-electron chi connectivity index (χ1n) is 17.4. The average Bonchev–Trinajstić information content (AvgIpc) is 3.89. The molecule has 15 nitrogen and oxygen atoms in total. The molecule has 0 unspecified atom stereocenters. The number of aromatic carboxylic acids is 1. The molecule has 8 aromatic rings. The smallest absolute Gasteiger partial charge is 0.870 e. The fourth-order valence-electron chi connectivity index (χ4n) is 6.78. The Bertz CT molecular complexity index is 2710. The summed E-state index contributed by atoms with van der Waals surface area (Å²) in [7, 11) is 1.38. The molecule has 2 N–H and O–H groups in total. The predicted octanol–water partition coefficient (Wildman–Crippen LogP) is 4.43. The Morgan fingerprint density at radius 1 is 0.684 bits per heavy atom. The number of fused-ring (bicyclic) bond motifs is 2. The third-order valence-electron chi connectivity index (χ3n) is 9.44. The molecule has 0 aliphatic heterocycles. The molecule has 0 saturated heterocycles. The largest absolute Gasteiger partial charge is 1.00 e. The summed E-state index contributed by atoms with van der Waals surface area (Å²) in [6.07, 6.45) is 3.57. The van der Waals surface area contributed by atoms with Gasteiger partial charge in [0.2, 0.25) is 0 Å². The number of methoxy groups -OCH3 is 1. The molecule has 2 aromatic carbocycles. The number of carbonyl (C=O) groups is 2. The number of carboxylic acid groups (broad SMARTS) is 1. The van der Waals surface area contributed by atoms with E-state index in [1.807, 2.05) is 76.4 Å². The second-order valence-electron chi connectivity index (χ2n) is 13.2. The van der Waals surface area contributed by atoms with Crippen LogP contribution in [0.3, 0.4) is 0 Å². The van der Waals surface area contributed by atoms with Crippen LogP contribution < -0.4 is 18.9 Å². The van der Waals surface area contributed by atoms with Crippen LogP contribution in [0.4, 0.5) is 0 Å². The molecule has 8 rings (SSSR count). The minimum absolute atomic E-state index is 0. The van der Waals surface area contributed by atoms with E-state index in [0.29, 0.717) is 29.9 Å². The van der Waals surface area contributed by atoms with Gasteiger partial charge in [0.25, 0.3) is 0 Å². The van der Waals surface area contributed by atoms with Crippen LogP contribution in [0.1, 0.15) is 66.4 Å². The summed E-state index contributed by atoms with van der Waals surface area (Å²) < 4.78 is 19.5. The summed E-state index contributed by atoms with van der Waals surface area (Å²) in [6.45, 7) is 12.5. The van der Waals surface area contributed by atoms with E-state index in [9.17, 15) is 14.7 Å². The van der Waals surface area contributed by atoms with E-state index >= 15 is 0 Å². The van der Waals surface area contributed by atoms with Crippen molar-refractivity contribution in [2.45, 2.75) is 54.6 Å². The van der Waals surface area contributed by atoms with Crippen LogP contribution in [0.5, 0.6) is 0 Å². The molecule has 0 spiro atoms. The molecule has 0 atom stereocenters. The van der Waals surface area contributed by atoms with Crippen molar-refractivity contribution in [3.63, 3.8) is 0 Å². The van der Waals surface area contributed by atoms with Crippen molar-refractivity contribution in [1.82, 2.24) is 39.4 Å². The van der Waals surface area contributed by atoms with Crippen molar-refractivity contribution in [3.05, 3.63) is 130 Å². The molecular weight excluding hydrogens is 723 g/mol. The fourth-order valence-corrected chi connectivity index (χ4v) is 6.78. The van der Waals surface area contributed by atoms with Crippen molar-refractivity contribution in [2.75, 3.05) is 7.11 Å². The van der Waals surface area contributed by atoms with Crippen LogP contribution in [-0.4, -0.2) is 69.0 Å². The summed E-state index contributed by atoms with van der Waals surface area (Å²) in [5.74, 6) is 1.87. The van der Waals surface area contributed by atoms with Gasteiger partial charge >= 0.3 is 30.8 Å². The van der Waals surface area contributed by atoms with Crippen molar-refractivity contribution in [1.29, 1.82) is 0 Å². The van der Waals surface area contributed by atoms with Gasteiger partial charge in [0.15, 0.2) is 11.3 Å². The molecule has 0 radical (unpaired) electrons. The number of pyridine rings is 2. The number of nitrogens with zero attached hydrogens (tertiary/aromatic N) is 8. The van der Waals surface area contributed by atoms with Crippen LogP contribution in [-0.2, 0) is 17.8 Å². The second-order valence-corrected chi connectivity index (χ2v) is 13.2. The Morgan fingerprint density at radius 3 is 1.53 bits per heavy atom. The van der Waals surface area contributed by atoms with Gasteiger partial charge in [0.05, 0.1) is 40.7 Å². The van der Waals surface area contributed by atoms with E-state index < -0.39 is 5.97 Å². The topological polar surface area (TPSA) is 207 Å². The van der Waals surface area contributed by atoms with E-state index in [4.69, 9.17) is 13.8 Å². The standard InChI is InChI=1S/C21H20N4O3.C20H18N4O3.Li.H2O/c1-12-19(13(2)28-24-12)17-9-18-20(22-10-17)23-14(3)25(18)11-15-6-5-7-16(8-15)21(26)27-4;1-11-18(12(2)27-23-11)16-8-17-19(21-9-16)22-13(3)24(17)10-14-5-4-6-15(7-14)20(25)26;;/h5-10H,11H2,1-4H3;4-9H,10H2,1-3H3,(H,25,26);;1H2/q;;+1;/p-1. The van der Waals surface area contributed by atoms with Gasteiger partial charge in [0.1, 0.15) is 23.2 Å². The maximum absolute atomic E-state index is 11.8. The maximum atomic E-state index is 11.8. The molecule has 0 saturated carbocycles. The zero-order valence-electron chi connectivity index (χ0n) is 32.9. The van der Waals surface area contributed by atoms with E-state index in [2.05, 4.69) is 40.9 Å². The number of carbonyl (C=O) groups excluding carboxylic acids is 1. The molecule has 0 amide bonds. The number of esters is 1. The number of carboxylic acids is 1. The summed E-state index contributed by atoms with van der Waals surface area (Å²) in [5.41, 5.74) is 11.2. The monoisotopic (exact) mass is 762 g/mol. The molecule has 0 aliphatic rings. The van der Waals surface area contributed by atoms with Crippen LogP contribution in [0.15, 0.2) is 82.1 Å². The summed E-state index contributed by atoms with van der Waals surface area (Å²) >= 11 is 0. The molecule has 6 aromatic heterocycles. The second kappa shape index (κ2) is 17.2. The quantitative estimate of drug-likeness (QED) is 0.168. The van der Waals surface area contributed by atoms with Crippen molar-refractivity contribution in [3.8, 4) is 22.3 Å². The van der Waals surface area contributed by atoms with Gasteiger partial charge < -0.3 is 33.5 Å².